The Labute approximate surface area is 190 Å². The van der Waals surface area contributed by atoms with E-state index in [1.165, 1.54) is 21.1 Å². The van der Waals surface area contributed by atoms with Crippen molar-refractivity contribution in [3.8, 4) is 0 Å². The summed E-state index contributed by atoms with van der Waals surface area (Å²) in [5, 5.41) is 12.8. The second-order valence-corrected chi connectivity index (χ2v) is 8.85. The van der Waals surface area contributed by atoms with Gasteiger partial charge >= 0.3 is 0 Å². The van der Waals surface area contributed by atoms with Gasteiger partial charge in [-0.1, -0.05) is 37.0 Å². The fourth-order valence-corrected chi connectivity index (χ4v) is 4.50. The van der Waals surface area contributed by atoms with Gasteiger partial charge in [-0.25, -0.2) is 4.98 Å². The first-order valence-corrected chi connectivity index (χ1v) is 11.3. The molecule has 0 spiro atoms. The van der Waals surface area contributed by atoms with Gasteiger partial charge in [-0.15, -0.1) is 0 Å². The minimum Gasteiger partial charge on any atom is -0.394 e. The molecule has 1 saturated heterocycles. The van der Waals surface area contributed by atoms with Crippen LogP contribution in [0.5, 0.6) is 0 Å². The third kappa shape index (κ3) is 4.98. The summed E-state index contributed by atoms with van der Waals surface area (Å²) in [6, 6.07) is 3.38. The molecule has 2 N–H and O–H groups in total. The predicted molar refractivity (Wildman–Crippen MR) is 127 cm³/mol. The normalized spacial score (nSPS) is 16.5. The zero-order chi connectivity index (χ0) is 22.5. The fraction of sp³-hybridized carbons (Fsp3) is 0.429. The van der Waals surface area contributed by atoms with Gasteiger partial charge in [0.15, 0.2) is 0 Å². The second kappa shape index (κ2) is 10.4. The number of hydrogen-bond donors (Lipinski definition) is 2. The lowest BCUT2D eigenvalue weighted by atomic mass is 10.2. The van der Waals surface area contributed by atoms with E-state index in [-0.39, 0.29) is 29.7 Å². The smallest absolute Gasteiger partial charge is 0.267 e. The topological polar surface area (TPSA) is 96.2 Å². The Bertz CT molecular complexity index is 1080. The molecule has 8 nitrogen and oxygen atoms in total. The Balaban J connectivity index is 2.08. The minimum atomic E-state index is -0.298. The molecule has 31 heavy (non-hydrogen) atoms. The second-order valence-electron chi connectivity index (χ2n) is 7.18. The fourth-order valence-electron chi connectivity index (χ4n) is 3.21. The van der Waals surface area contributed by atoms with Crippen molar-refractivity contribution in [2.75, 3.05) is 32.2 Å². The van der Waals surface area contributed by atoms with Gasteiger partial charge in [0.05, 0.1) is 23.1 Å². The van der Waals surface area contributed by atoms with Crippen LogP contribution in [0.25, 0.3) is 11.7 Å². The maximum atomic E-state index is 13.3. The number of aryl methyl sites for hydroxylation is 1. The van der Waals surface area contributed by atoms with Crippen molar-refractivity contribution in [1.29, 1.82) is 0 Å². The van der Waals surface area contributed by atoms with Gasteiger partial charge in [-0.3, -0.25) is 18.9 Å². The summed E-state index contributed by atoms with van der Waals surface area (Å²) >= 11 is 6.53. The number of amides is 1. The first-order valence-electron chi connectivity index (χ1n) is 10.0. The molecule has 1 amide bonds. The number of carbonyl (C=O) groups is 1. The van der Waals surface area contributed by atoms with E-state index in [0.29, 0.717) is 46.7 Å². The quantitative estimate of drug-likeness (QED) is 0.333. The summed E-state index contributed by atoms with van der Waals surface area (Å²) in [5.74, 6) is 0.102. The first-order chi connectivity index (χ1) is 14.9. The van der Waals surface area contributed by atoms with Crippen LogP contribution in [0.2, 0.25) is 0 Å². The average molecular weight is 463 g/mol. The van der Waals surface area contributed by atoms with E-state index in [9.17, 15) is 14.7 Å². The van der Waals surface area contributed by atoms with Crippen LogP contribution in [-0.4, -0.2) is 62.5 Å². The van der Waals surface area contributed by atoms with E-state index >= 15 is 0 Å². The number of hydrogen-bond acceptors (Lipinski definition) is 8. The lowest BCUT2D eigenvalue weighted by Gasteiger charge is -2.17. The van der Waals surface area contributed by atoms with Gasteiger partial charge in [-0.05, 0) is 37.5 Å². The van der Waals surface area contributed by atoms with Crippen molar-refractivity contribution in [2.45, 2.75) is 32.7 Å². The first kappa shape index (κ1) is 23.4. The van der Waals surface area contributed by atoms with E-state index in [0.717, 1.165) is 5.56 Å². The Morgan fingerprint density at radius 2 is 2.19 bits per heavy atom. The van der Waals surface area contributed by atoms with Gasteiger partial charge in [0.1, 0.15) is 15.8 Å². The van der Waals surface area contributed by atoms with Crippen molar-refractivity contribution >= 4 is 51.7 Å². The molecular formula is C21H26N4O4S2. The van der Waals surface area contributed by atoms with Crippen LogP contribution >= 0.6 is 24.0 Å². The molecule has 1 fully saturated rings. The number of ether oxygens (including phenoxy) is 1. The summed E-state index contributed by atoms with van der Waals surface area (Å²) in [6.45, 7) is 4.68. The molecule has 1 atom stereocenters. The van der Waals surface area contributed by atoms with E-state index < -0.39 is 0 Å². The highest BCUT2D eigenvalue weighted by molar-refractivity contribution is 8.26. The molecule has 3 heterocycles. The highest BCUT2D eigenvalue weighted by Gasteiger charge is 2.32. The van der Waals surface area contributed by atoms with Crippen LogP contribution in [0, 0.1) is 6.92 Å². The number of rotatable bonds is 9. The molecule has 0 aromatic carbocycles. The number of aliphatic hydroxyl groups is 1. The van der Waals surface area contributed by atoms with E-state index in [1.54, 1.807) is 25.4 Å². The minimum absolute atomic E-state index is 0.105. The van der Waals surface area contributed by atoms with Crippen molar-refractivity contribution in [2.24, 2.45) is 0 Å². The summed E-state index contributed by atoms with van der Waals surface area (Å²) < 4.78 is 6.97. The molecule has 1 aliphatic heterocycles. The molecule has 0 saturated carbocycles. The zero-order valence-electron chi connectivity index (χ0n) is 17.8. The van der Waals surface area contributed by atoms with Gasteiger partial charge < -0.3 is 15.2 Å². The lowest BCUT2D eigenvalue weighted by Crippen LogP contribution is -2.30. The highest BCUT2D eigenvalue weighted by Crippen LogP contribution is 2.33. The van der Waals surface area contributed by atoms with Gasteiger partial charge in [0.2, 0.25) is 0 Å². The van der Waals surface area contributed by atoms with E-state index in [1.807, 2.05) is 19.9 Å². The van der Waals surface area contributed by atoms with Crippen LogP contribution in [0.3, 0.4) is 0 Å². The number of thioether (sulfide) groups is 1. The number of aromatic nitrogens is 2. The van der Waals surface area contributed by atoms with E-state index in [4.69, 9.17) is 17.0 Å². The van der Waals surface area contributed by atoms with Gasteiger partial charge in [0.25, 0.3) is 11.5 Å². The average Bonchev–Trinajstić information content (AvgIpc) is 3.02. The van der Waals surface area contributed by atoms with Crippen molar-refractivity contribution in [3.63, 3.8) is 0 Å². The Morgan fingerprint density at radius 3 is 2.87 bits per heavy atom. The molecular weight excluding hydrogens is 436 g/mol. The summed E-state index contributed by atoms with van der Waals surface area (Å²) in [7, 11) is 1.61. The molecule has 3 rings (SSSR count). The Kier molecular flexibility index (Phi) is 7.82. The molecule has 0 aliphatic carbocycles. The van der Waals surface area contributed by atoms with Crippen LogP contribution in [0.4, 0.5) is 5.82 Å². The number of nitrogens with one attached hydrogen (secondary N) is 1. The van der Waals surface area contributed by atoms with E-state index in [2.05, 4.69) is 10.3 Å². The molecule has 10 heteroatoms. The maximum Gasteiger partial charge on any atom is 0.267 e. The molecule has 1 unspecified atom stereocenters. The number of methoxy groups -OCH3 is 1. The standard InChI is InChI=1S/C21H26N4O4S2/c1-4-14(12-26)22-17-15(19(27)24-8-5-7-13(2)18(24)23-17)11-16-20(28)25(21(30)31-16)9-6-10-29-3/h5,7-8,11,14,22,26H,4,6,9-10,12H2,1-3H3. The SMILES string of the molecule is CCC(CO)Nc1nc2c(C)cccn2c(=O)c1C=C1SC(=S)N(CCCOC)C1=O. The predicted octanol–water partition coefficient (Wildman–Crippen LogP) is 2.42. The largest absolute Gasteiger partial charge is 0.394 e. The Morgan fingerprint density at radius 1 is 1.42 bits per heavy atom. The van der Waals surface area contributed by atoms with Crippen LogP contribution in [0.1, 0.15) is 30.9 Å². The highest BCUT2D eigenvalue weighted by atomic mass is 32.2. The van der Waals surface area contributed by atoms with Crippen LogP contribution < -0.4 is 10.9 Å². The number of aliphatic hydroxyl groups excluding tert-OH is 1. The number of anilines is 1. The Hall–Kier alpha value is -2.27. The monoisotopic (exact) mass is 462 g/mol. The molecule has 2 aromatic heterocycles. The summed E-state index contributed by atoms with van der Waals surface area (Å²) in [6.07, 6.45) is 4.51. The van der Waals surface area contributed by atoms with Crippen LogP contribution in [-0.2, 0) is 9.53 Å². The maximum absolute atomic E-state index is 13.3. The molecule has 0 radical (unpaired) electrons. The van der Waals surface area contributed by atoms with Crippen molar-refractivity contribution in [1.82, 2.24) is 14.3 Å². The lowest BCUT2D eigenvalue weighted by molar-refractivity contribution is -0.122. The number of fused-ring (bicyclic) bond motifs is 1. The number of carbonyl (C=O) groups excluding carboxylic acids is 1. The molecule has 166 valence electrons. The number of pyridine rings is 1. The number of thiocarbonyl (C=S) groups is 1. The molecule has 0 bridgehead atoms. The summed E-state index contributed by atoms with van der Waals surface area (Å²) in [5.41, 5.74) is 1.32. The summed E-state index contributed by atoms with van der Waals surface area (Å²) in [4.78, 5) is 32.8. The molecule has 1 aliphatic rings. The third-order valence-electron chi connectivity index (χ3n) is 5.02. The zero-order valence-corrected chi connectivity index (χ0v) is 19.4. The number of nitrogens with zero attached hydrogens (tertiary/aromatic N) is 3. The third-order valence-corrected chi connectivity index (χ3v) is 6.40. The van der Waals surface area contributed by atoms with Crippen LogP contribution in [0.15, 0.2) is 28.0 Å². The van der Waals surface area contributed by atoms with Crippen molar-refractivity contribution < 1.29 is 14.6 Å². The van der Waals surface area contributed by atoms with Gasteiger partial charge in [-0.2, -0.15) is 0 Å². The van der Waals surface area contributed by atoms with Crippen molar-refractivity contribution in [3.05, 3.63) is 44.7 Å². The van der Waals surface area contributed by atoms with Gasteiger partial charge in [0, 0.05) is 26.5 Å². The molecule has 2 aromatic rings.